The van der Waals surface area contributed by atoms with E-state index >= 15 is 0 Å². The van der Waals surface area contributed by atoms with Gasteiger partial charge in [0.15, 0.2) is 0 Å². The maximum atomic E-state index is 6.02. The average Bonchev–Trinajstić information content (AvgIpc) is 2.72. The molecule has 2 nitrogen and oxygen atoms in total. The van der Waals surface area contributed by atoms with Gasteiger partial charge in [0.05, 0.1) is 12.8 Å². The second kappa shape index (κ2) is 5.79. The minimum atomic E-state index is 0.408. The Balaban J connectivity index is 2.30. The SMILES string of the molecule is CC(C)NCc1occc1-c1cc(Cl)cc(Cl)c1. The summed E-state index contributed by atoms with van der Waals surface area (Å²) >= 11 is 12.0. The van der Waals surface area contributed by atoms with Crippen LogP contribution in [0, 0.1) is 0 Å². The number of nitrogens with one attached hydrogen (secondary N) is 1. The molecular formula is C14H15Cl2NO. The van der Waals surface area contributed by atoms with Gasteiger partial charge in [-0.3, -0.25) is 0 Å². The molecule has 0 fully saturated rings. The molecule has 4 heteroatoms. The fourth-order valence-electron chi connectivity index (χ4n) is 1.74. The number of hydrogen-bond donors (Lipinski definition) is 1. The van der Waals surface area contributed by atoms with Crippen molar-refractivity contribution in [3.05, 3.63) is 46.3 Å². The van der Waals surface area contributed by atoms with Gasteiger partial charge in [-0.1, -0.05) is 37.0 Å². The summed E-state index contributed by atoms with van der Waals surface area (Å²) in [7, 11) is 0. The first-order chi connectivity index (χ1) is 8.56. The van der Waals surface area contributed by atoms with Crippen LogP contribution in [0.15, 0.2) is 34.9 Å². The predicted octanol–water partition coefficient (Wildman–Crippen LogP) is 4.75. The highest BCUT2D eigenvalue weighted by atomic mass is 35.5. The van der Waals surface area contributed by atoms with Gasteiger partial charge in [-0.15, -0.1) is 0 Å². The van der Waals surface area contributed by atoms with E-state index in [0.29, 0.717) is 22.6 Å². The third kappa shape index (κ3) is 3.29. The number of furan rings is 1. The van der Waals surface area contributed by atoms with E-state index in [1.807, 2.05) is 18.2 Å². The van der Waals surface area contributed by atoms with Crippen molar-refractivity contribution in [1.29, 1.82) is 0 Å². The molecule has 0 radical (unpaired) electrons. The predicted molar refractivity (Wildman–Crippen MR) is 76.1 cm³/mol. The molecule has 1 aromatic carbocycles. The van der Waals surface area contributed by atoms with Crippen molar-refractivity contribution in [3.8, 4) is 11.1 Å². The largest absolute Gasteiger partial charge is 0.467 e. The Bertz CT molecular complexity index is 514. The number of hydrogen-bond acceptors (Lipinski definition) is 2. The van der Waals surface area contributed by atoms with Crippen molar-refractivity contribution in [2.45, 2.75) is 26.4 Å². The molecule has 2 aromatic rings. The first-order valence-electron chi connectivity index (χ1n) is 5.82. The number of halogens is 2. The van der Waals surface area contributed by atoms with Crippen LogP contribution in [0.1, 0.15) is 19.6 Å². The lowest BCUT2D eigenvalue weighted by Crippen LogP contribution is -2.21. The van der Waals surface area contributed by atoms with Gasteiger partial charge in [0.2, 0.25) is 0 Å². The van der Waals surface area contributed by atoms with Crippen LogP contribution < -0.4 is 5.32 Å². The molecular weight excluding hydrogens is 269 g/mol. The molecule has 1 N–H and O–H groups in total. The number of benzene rings is 1. The van der Waals surface area contributed by atoms with Crippen molar-refractivity contribution in [3.63, 3.8) is 0 Å². The molecule has 1 heterocycles. The van der Waals surface area contributed by atoms with Gasteiger partial charge in [0.1, 0.15) is 5.76 Å². The standard InChI is InChI=1S/C14H15Cl2NO/c1-9(2)17-8-14-13(3-4-18-14)10-5-11(15)7-12(16)6-10/h3-7,9,17H,8H2,1-2H3. The summed E-state index contributed by atoms with van der Waals surface area (Å²) in [6, 6.07) is 7.83. The van der Waals surface area contributed by atoms with Crippen LogP contribution in [0.4, 0.5) is 0 Å². The van der Waals surface area contributed by atoms with E-state index in [9.17, 15) is 0 Å². The lowest BCUT2D eigenvalue weighted by molar-refractivity contribution is 0.466. The van der Waals surface area contributed by atoms with E-state index in [4.69, 9.17) is 27.6 Å². The topological polar surface area (TPSA) is 25.2 Å². The fraction of sp³-hybridized carbons (Fsp3) is 0.286. The van der Waals surface area contributed by atoms with Crippen molar-refractivity contribution in [2.24, 2.45) is 0 Å². The quantitative estimate of drug-likeness (QED) is 0.876. The molecule has 0 aliphatic heterocycles. The minimum Gasteiger partial charge on any atom is -0.467 e. The normalized spacial score (nSPS) is 11.2. The Hall–Kier alpha value is -0.960. The second-order valence-corrected chi connectivity index (χ2v) is 5.32. The minimum absolute atomic E-state index is 0.408. The highest BCUT2D eigenvalue weighted by molar-refractivity contribution is 6.35. The highest BCUT2D eigenvalue weighted by Gasteiger charge is 2.10. The summed E-state index contributed by atoms with van der Waals surface area (Å²) in [6.07, 6.45) is 1.68. The first kappa shape index (κ1) is 13.5. The Labute approximate surface area is 117 Å². The van der Waals surface area contributed by atoms with Gasteiger partial charge in [-0.05, 0) is 29.8 Å². The zero-order chi connectivity index (χ0) is 13.1. The maximum Gasteiger partial charge on any atom is 0.125 e. The molecule has 1 aromatic heterocycles. The van der Waals surface area contributed by atoms with E-state index < -0.39 is 0 Å². The Morgan fingerprint density at radius 3 is 2.44 bits per heavy atom. The third-order valence-electron chi connectivity index (χ3n) is 2.59. The summed E-state index contributed by atoms with van der Waals surface area (Å²) in [5.41, 5.74) is 1.99. The molecule has 0 bridgehead atoms. The van der Waals surface area contributed by atoms with Crippen LogP contribution >= 0.6 is 23.2 Å². The van der Waals surface area contributed by atoms with Crippen LogP contribution in [0.2, 0.25) is 10.0 Å². The fourth-order valence-corrected chi connectivity index (χ4v) is 2.27. The van der Waals surface area contributed by atoms with Crippen LogP contribution in [0.3, 0.4) is 0 Å². The van der Waals surface area contributed by atoms with E-state index in [1.165, 1.54) is 0 Å². The van der Waals surface area contributed by atoms with Crippen LogP contribution in [-0.4, -0.2) is 6.04 Å². The van der Waals surface area contributed by atoms with E-state index in [2.05, 4.69) is 19.2 Å². The zero-order valence-electron chi connectivity index (χ0n) is 10.3. The smallest absolute Gasteiger partial charge is 0.125 e. The van der Waals surface area contributed by atoms with Gasteiger partial charge in [0, 0.05) is 21.7 Å². The second-order valence-electron chi connectivity index (χ2n) is 4.45. The molecule has 0 saturated carbocycles. The van der Waals surface area contributed by atoms with Crippen LogP contribution in [0.25, 0.3) is 11.1 Å². The zero-order valence-corrected chi connectivity index (χ0v) is 11.8. The van der Waals surface area contributed by atoms with Crippen molar-refractivity contribution >= 4 is 23.2 Å². The molecule has 0 amide bonds. The Morgan fingerprint density at radius 2 is 1.83 bits per heavy atom. The molecule has 0 spiro atoms. The molecule has 2 rings (SSSR count). The van der Waals surface area contributed by atoms with Gasteiger partial charge >= 0.3 is 0 Å². The van der Waals surface area contributed by atoms with Crippen molar-refractivity contribution < 1.29 is 4.42 Å². The summed E-state index contributed by atoms with van der Waals surface area (Å²) < 4.78 is 5.50. The molecule has 0 aliphatic carbocycles. The van der Waals surface area contributed by atoms with Crippen molar-refractivity contribution in [2.75, 3.05) is 0 Å². The summed E-state index contributed by atoms with van der Waals surface area (Å²) in [6.45, 7) is 4.88. The van der Waals surface area contributed by atoms with Gasteiger partial charge < -0.3 is 9.73 Å². The van der Waals surface area contributed by atoms with E-state index in [-0.39, 0.29) is 0 Å². The molecule has 96 valence electrons. The summed E-state index contributed by atoms with van der Waals surface area (Å²) in [4.78, 5) is 0. The molecule has 0 aliphatic rings. The van der Waals surface area contributed by atoms with Gasteiger partial charge in [-0.25, -0.2) is 0 Å². The van der Waals surface area contributed by atoms with Crippen LogP contribution in [-0.2, 0) is 6.54 Å². The maximum absolute atomic E-state index is 6.02. The molecule has 0 saturated heterocycles. The molecule has 0 unspecified atom stereocenters. The van der Waals surface area contributed by atoms with E-state index in [1.54, 1.807) is 12.3 Å². The summed E-state index contributed by atoms with van der Waals surface area (Å²) in [5, 5.41) is 4.58. The molecule has 18 heavy (non-hydrogen) atoms. The van der Waals surface area contributed by atoms with Gasteiger partial charge in [-0.2, -0.15) is 0 Å². The van der Waals surface area contributed by atoms with Crippen molar-refractivity contribution in [1.82, 2.24) is 5.32 Å². The Morgan fingerprint density at radius 1 is 1.17 bits per heavy atom. The highest BCUT2D eigenvalue weighted by Crippen LogP contribution is 2.30. The van der Waals surface area contributed by atoms with Crippen LogP contribution in [0.5, 0.6) is 0 Å². The first-order valence-corrected chi connectivity index (χ1v) is 6.58. The summed E-state index contributed by atoms with van der Waals surface area (Å²) in [5.74, 6) is 0.891. The lowest BCUT2D eigenvalue weighted by Gasteiger charge is -2.08. The monoisotopic (exact) mass is 283 g/mol. The lowest BCUT2D eigenvalue weighted by atomic mass is 10.1. The molecule has 0 atom stereocenters. The average molecular weight is 284 g/mol. The Kier molecular flexibility index (Phi) is 4.33. The van der Waals surface area contributed by atoms with E-state index in [0.717, 1.165) is 16.9 Å². The third-order valence-corrected chi connectivity index (χ3v) is 3.03. The number of rotatable bonds is 4. The van der Waals surface area contributed by atoms with Gasteiger partial charge in [0.25, 0.3) is 0 Å².